The number of alkyl halides is 3. The summed E-state index contributed by atoms with van der Waals surface area (Å²) in [7, 11) is 0. The maximum atomic E-state index is 13.2. The molecule has 0 saturated heterocycles. The minimum atomic E-state index is -4.63. The molecular weight excluding hydrogens is 489 g/mol. The Labute approximate surface area is 210 Å². The number of carbonyl (C=O) groups excluding carboxylic acids is 1. The fourth-order valence-electron chi connectivity index (χ4n) is 3.98. The third-order valence-corrected chi connectivity index (χ3v) is 5.92. The molecule has 0 unspecified atom stereocenters. The van der Waals surface area contributed by atoms with Gasteiger partial charge in [-0.05, 0) is 12.0 Å². The zero-order valence-corrected chi connectivity index (χ0v) is 20.3. The highest BCUT2D eigenvalue weighted by Crippen LogP contribution is 2.32. The van der Waals surface area contributed by atoms with Crippen LogP contribution in [-0.2, 0) is 30.6 Å². The van der Waals surface area contributed by atoms with Crippen LogP contribution in [0.5, 0.6) is 0 Å². The highest BCUT2D eigenvalue weighted by Gasteiger charge is 2.40. The number of hydrogen-bond acceptors (Lipinski definition) is 8. The zero-order valence-electron chi connectivity index (χ0n) is 20.3. The maximum Gasteiger partial charge on any atom is 0.429 e. The number of benzene rings is 1. The maximum absolute atomic E-state index is 13.2. The highest BCUT2D eigenvalue weighted by molar-refractivity contribution is 5.97. The number of carbonyl (C=O) groups is 1. The van der Waals surface area contributed by atoms with Gasteiger partial charge in [0.2, 0.25) is 11.8 Å². The predicted octanol–water partition coefficient (Wildman–Crippen LogP) is 4.21. The minimum absolute atomic E-state index is 0.0308. The van der Waals surface area contributed by atoms with Gasteiger partial charge in [0, 0.05) is 32.2 Å². The predicted molar refractivity (Wildman–Crippen MR) is 130 cm³/mol. The van der Waals surface area contributed by atoms with Crippen molar-refractivity contribution < 1.29 is 22.5 Å². The lowest BCUT2D eigenvalue weighted by atomic mass is 10.1. The van der Waals surface area contributed by atoms with Gasteiger partial charge in [-0.15, -0.1) is 0 Å². The lowest BCUT2D eigenvalue weighted by molar-refractivity contribution is -0.117. The van der Waals surface area contributed by atoms with Crippen LogP contribution in [0, 0.1) is 0 Å². The SMILES string of the molecule is CCCCCn1c(NCC(=O)CCc2nc(Cc3ccccc3)no2)nc(=O)c2c1N=C(C(F)(F)F)C2. The Balaban J connectivity index is 1.40. The third kappa shape index (κ3) is 6.69. The second-order valence-electron chi connectivity index (χ2n) is 8.79. The number of aryl methyl sites for hydroxylation is 1. The number of rotatable bonds is 12. The van der Waals surface area contributed by atoms with Crippen molar-refractivity contribution in [1.29, 1.82) is 0 Å². The van der Waals surface area contributed by atoms with E-state index in [-0.39, 0.29) is 42.5 Å². The van der Waals surface area contributed by atoms with Gasteiger partial charge in [0.25, 0.3) is 5.56 Å². The Bertz CT molecular complexity index is 1330. The van der Waals surface area contributed by atoms with E-state index in [0.717, 1.165) is 18.4 Å². The van der Waals surface area contributed by atoms with Crippen LogP contribution in [-0.4, -0.2) is 43.9 Å². The first kappa shape index (κ1) is 26.2. The molecule has 9 nitrogen and oxygen atoms in total. The van der Waals surface area contributed by atoms with Gasteiger partial charge in [0.15, 0.2) is 11.6 Å². The van der Waals surface area contributed by atoms with Gasteiger partial charge in [-0.2, -0.15) is 23.1 Å². The average molecular weight is 517 g/mol. The summed E-state index contributed by atoms with van der Waals surface area (Å²) in [5.41, 5.74) is -0.849. The molecule has 0 fully saturated rings. The van der Waals surface area contributed by atoms with E-state index in [0.29, 0.717) is 31.1 Å². The quantitative estimate of drug-likeness (QED) is 0.359. The van der Waals surface area contributed by atoms with Crippen LogP contribution >= 0.6 is 0 Å². The van der Waals surface area contributed by atoms with Crippen molar-refractivity contribution >= 4 is 23.3 Å². The highest BCUT2D eigenvalue weighted by atomic mass is 19.4. The Kier molecular flexibility index (Phi) is 8.14. The molecule has 2 aromatic heterocycles. The average Bonchev–Trinajstić information content (AvgIpc) is 3.51. The van der Waals surface area contributed by atoms with Gasteiger partial charge >= 0.3 is 6.18 Å². The smallest absolute Gasteiger partial charge is 0.348 e. The minimum Gasteiger partial charge on any atom is -0.348 e. The number of aromatic nitrogens is 4. The van der Waals surface area contributed by atoms with E-state index in [1.54, 1.807) is 0 Å². The molecule has 1 aliphatic rings. The molecule has 196 valence electrons. The molecule has 4 rings (SSSR count). The topological polar surface area (TPSA) is 115 Å². The summed E-state index contributed by atoms with van der Waals surface area (Å²) in [6.45, 7) is 2.15. The van der Waals surface area contributed by atoms with Gasteiger partial charge in [0.05, 0.1) is 12.1 Å². The first-order valence-electron chi connectivity index (χ1n) is 12.1. The number of aliphatic imine (C=N–C) groups is 1. The van der Waals surface area contributed by atoms with Crippen LogP contribution in [0.1, 0.15) is 55.4 Å². The largest absolute Gasteiger partial charge is 0.429 e. The van der Waals surface area contributed by atoms with E-state index in [4.69, 9.17) is 4.52 Å². The molecule has 3 aromatic rings. The monoisotopic (exact) mass is 516 g/mol. The summed E-state index contributed by atoms with van der Waals surface area (Å²) in [4.78, 5) is 36.9. The Hall–Kier alpha value is -3.83. The molecule has 3 heterocycles. The van der Waals surface area contributed by atoms with E-state index in [1.807, 2.05) is 37.3 Å². The first-order chi connectivity index (χ1) is 17.7. The summed E-state index contributed by atoms with van der Waals surface area (Å²) < 4.78 is 46.4. The van der Waals surface area contributed by atoms with Crippen LogP contribution < -0.4 is 10.9 Å². The summed E-state index contributed by atoms with van der Waals surface area (Å²) in [5.74, 6) is 0.625. The third-order valence-electron chi connectivity index (χ3n) is 5.92. The number of anilines is 1. The van der Waals surface area contributed by atoms with E-state index < -0.39 is 23.9 Å². The molecule has 12 heteroatoms. The van der Waals surface area contributed by atoms with Crippen LogP contribution in [0.25, 0.3) is 0 Å². The molecule has 0 radical (unpaired) electrons. The summed E-state index contributed by atoms with van der Waals surface area (Å²) in [6, 6.07) is 9.66. The van der Waals surface area contributed by atoms with Gasteiger partial charge in [0.1, 0.15) is 11.5 Å². The molecule has 1 aliphatic heterocycles. The Morgan fingerprint density at radius 1 is 1.16 bits per heavy atom. The lowest BCUT2D eigenvalue weighted by Gasteiger charge is -2.16. The summed E-state index contributed by atoms with van der Waals surface area (Å²) in [6.07, 6.45) is -1.99. The second kappa shape index (κ2) is 11.5. The molecule has 1 aromatic carbocycles. The van der Waals surface area contributed by atoms with Crippen molar-refractivity contribution in [2.75, 3.05) is 11.9 Å². The van der Waals surface area contributed by atoms with Crippen LogP contribution in [0.15, 0.2) is 44.6 Å². The van der Waals surface area contributed by atoms with Gasteiger partial charge < -0.3 is 9.84 Å². The van der Waals surface area contributed by atoms with Crippen LogP contribution in [0.3, 0.4) is 0 Å². The second-order valence-corrected chi connectivity index (χ2v) is 8.79. The van der Waals surface area contributed by atoms with Crippen molar-refractivity contribution in [1.82, 2.24) is 19.7 Å². The van der Waals surface area contributed by atoms with Gasteiger partial charge in [-0.25, -0.2) is 4.99 Å². The van der Waals surface area contributed by atoms with E-state index in [2.05, 4.69) is 25.4 Å². The number of nitrogens with zero attached hydrogens (tertiary/aromatic N) is 5. The fourth-order valence-corrected chi connectivity index (χ4v) is 3.98. The lowest BCUT2D eigenvalue weighted by Crippen LogP contribution is -2.26. The number of Topliss-reactive ketones (excluding diaryl/α,β-unsaturated/α-hetero) is 1. The van der Waals surface area contributed by atoms with Crippen LogP contribution in [0.2, 0.25) is 0 Å². The normalized spacial score (nSPS) is 12.9. The molecule has 0 aliphatic carbocycles. The molecule has 0 amide bonds. The van der Waals surface area contributed by atoms with Gasteiger partial charge in [-0.3, -0.25) is 14.2 Å². The van der Waals surface area contributed by atoms with Crippen molar-refractivity contribution in [3.63, 3.8) is 0 Å². The summed E-state index contributed by atoms with van der Waals surface area (Å²) in [5, 5.41) is 6.77. The zero-order chi connectivity index (χ0) is 26.4. The van der Waals surface area contributed by atoms with Crippen molar-refractivity contribution in [3.05, 3.63) is 63.5 Å². The molecular formula is C25H27F3N6O3. The molecule has 0 spiro atoms. The Morgan fingerprint density at radius 2 is 1.95 bits per heavy atom. The number of hydrogen-bond donors (Lipinski definition) is 1. The molecule has 0 atom stereocenters. The van der Waals surface area contributed by atoms with Crippen molar-refractivity contribution in [3.8, 4) is 0 Å². The van der Waals surface area contributed by atoms with Crippen molar-refractivity contribution in [2.24, 2.45) is 4.99 Å². The number of unbranched alkanes of at least 4 members (excludes halogenated alkanes) is 2. The number of halogens is 3. The summed E-state index contributed by atoms with van der Waals surface area (Å²) >= 11 is 0. The molecule has 37 heavy (non-hydrogen) atoms. The van der Waals surface area contributed by atoms with Gasteiger partial charge in [-0.1, -0.05) is 55.3 Å². The number of fused-ring (bicyclic) bond motifs is 1. The number of nitrogens with one attached hydrogen (secondary N) is 1. The molecule has 0 bridgehead atoms. The van der Waals surface area contributed by atoms with Crippen LogP contribution in [0.4, 0.5) is 24.9 Å². The van der Waals surface area contributed by atoms with E-state index in [9.17, 15) is 22.8 Å². The Morgan fingerprint density at radius 3 is 2.68 bits per heavy atom. The molecule has 0 saturated carbocycles. The fraction of sp³-hybridized carbons (Fsp3) is 0.440. The van der Waals surface area contributed by atoms with E-state index in [1.165, 1.54) is 4.57 Å². The first-order valence-corrected chi connectivity index (χ1v) is 12.1. The van der Waals surface area contributed by atoms with E-state index >= 15 is 0 Å². The standard InChI is InChI=1S/C25H27F3N6O3/c1-2-3-7-12-34-22-18(14-19(30-22)25(26,27)28)23(36)32-24(34)29-15-17(35)10-11-21-31-20(33-37-21)13-16-8-5-4-6-9-16/h4-6,8-9H,2-3,7,10-15H2,1H3,(H,29,32,36). The number of ketones is 1. The molecule has 1 N–H and O–H groups in total. The van der Waals surface area contributed by atoms with Crippen molar-refractivity contribution in [2.45, 2.75) is 64.6 Å².